The average Bonchev–Trinajstić information content (AvgIpc) is 2.85. The molecule has 0 radical (unpaired) electrons. The Balaban J connectivity index is 2.33. The molecule has 2 aromatic heterocycles. The van der Waals surface area contributed by atoms with Crippen LogP contribution in [0.5, 0.6) is 0 Å². The van der Waals surface area contributed by atoms with Gasteiger partial charge in [0.25, 0.3) is 5.56 Å². The molecule has 0 saturated carbocycles. The minimum atomic E-state index is -0.249. The van der Waals surface area contributed by atoms with Gasteiger partial charge in [-0.1, -0.05) is 30.3 Å². The van der Waals surface area contributed by atoms with Crippen LogP contribution in [0.15, 0.2) is 35.1 Å². The van der Waals surface area contributed by atoms with Crippen LogP contribution in [-0.2, 0) is 0 Å². The number of aromatic amines is 2. The molecule has 6 nitrogen and oxygen atoms in total. The molecule has 2 N–H and O–H groups in total. The maximum absolute atomic E-state index is 12.3. The first-order chi connectivity index (χ1) is 10.1. The first-order valence-electron chi connectivity index (χ1n) is 6.38. The van der Waals surface area contributed by atoms with Gasteiger partial charge >= 0.3 is 0 Å². The van der Waals surface area contributed by atoms with Gasteiger partial charge in [-0.25, -0.2) is 0 Å². The maximum atomic E-state index is 12.3. The van der Waals surface area contributed by atoms with Gasteiger partial charge in [0.1, 0.15) is 5.82 Å². The van der Waals surface area contributed by atoms with Crippen LogP contribution in [-0.4, -0.2) is 24.7 Å². The summed E-state index contributed by atoms with van der Waals surface area (Å²) in [6.07, 6.45) is 0. The summed E-state index contributed by atoms with van der Waals surface area (Å²) in [4.78, 5) is 20.6. The highest BCUT2D eigenvalue weighted by Gasteiger charge is 2.15. The smallest absolute Gasteiger partial charge is 0.272 e. The molecule has 3 rings (SSSR count). The van der Waals surface area contributed by atoms with Gasteiger partial charge in [0.05, 0.1) is 5.56 Å². The van der Waals surface area contributed by atoms with Crippen molar-refractivity contribution in [1.29, 1.82) is 0 Å². The van der Waals surface area contributed by atoms with Crippen molar-refractivity contribution in [2.75, 3.05) is 0 Å². The third kappa shape index (κ3) is 2.31. The highest BCUT2D eigenvalue weighted by Crippen LogP contribution is 2.20. The van der Waals surface area contributed by atoms with Crippen molar-refractivity contribution in [2.45, 2.75) is 13.8 Å². The van der Waals surface area contributed by atoms with Gasteiger partial charge in [0, 0.05) is 5.69 Å². The van der Waals surface area contributed by atoms with Gasteiger partial charge in [-0.05, 0) is 31.6 Å². The second-order valence-corrected chi connectivity index (χ2v) is 5.00. The molecule has 2 heterocycles. The largest absolute Gasteiger partial charge is 0.281 e. The van der Waals surface area contributed by atoms with Crippen molar-refractivity contribution >= 4 is 12.2 Å². The molecule has 0 amide bonds. The minimum absolute atomic E-state index is 0.249. The van der Waals surface area contributed by atoms with Crippen molar-refractivity contribution in [3.63, 3.8) is 0 Å². The number of hydrogen-bond donors (Lipinski definition) is 2. The summed E-state index contributed by atoms with van der Waals surface area (Å²) < 4.78 is 2.12. The van der Waals surface area contributed by atoms with Gasteiger partial charge in [-0.3, -0.25) is 19.6 Å². The van der Waals surface area contributed by atoms with E-state index in [-0.39, 0.29) is 5.56 Å². The van der Waals surface area contributed by atoms with E-state index in [0.29, 0.717) is 22.1 Å². The zero-order valence-corrected chi connectivity index (χ0v) is 12.4. The van der Waals surface area contributed by atoms with Gasteiger partial charge in [0.15, 0.2) is 0 Å². The number of H-pyrrole nitrogens is 2. The van der Waals surface area contributed by atoms with Crippen molar-refractivity contribution in [3.8, 4) is 17.1 Å². The predicted molar refractivity (Wildman–Crippen MR) is 82.1 cm³/mol. The third-order valence-corrected chi connectivity index (χ3v) is 3.45. The lowest BCUT2D eigenvalue weighted by atomic mass is 10.1. The van der Waals surface area contributed by atoms with Crippen molar-refractivity contribution in [2.24, 2.45) is 0 Å². The molecule has 0 unspecified atom stereocenters. The number of rotatable bonds is 2. The summed E-state index contributed by atoms with van der Waals surface area (Å²) in [6.45, 7) is 3.62. The fourth-order valence-electron chi connectivity index (χ4n) is 2.38. The van der Waals surface area contributed by atoms with Crippen LogP contribution in [0.25, 0.3) is 17.1 Å². The minimum Gasteiger partial charge on any atom is -0.272 e. The van der Waals surface area contributed by atoms with Crippen LogP contribution in [0, 0.1) is 18.6 Å². The summed E-state index contributed by atoms with van der Waals surface area (Å²) in [5, 5.41) is 5.63. The SMILES string of the molecule is Cc1nc(=O)c(-c2ccccc2)c(C)n1-c1nc(=S)[nH][nH]1. The summed E-state index contributed by atoms with van der Waals surface area (Å²) in [5.41, 5.74) is 1.90. The molecule has 106 valence electrons. The molecule has 0 aliphatic rings. The van der Waals surface area contributed by atoms with Crippen LogP contribution in [0.4, 0.5) is 0 Å². The number of nitrogens with zero attached hydrogens (tertiary/aromatic N) is 3. The van der Waals surface area contributed by atoms with E-state index in [2.05, 4.69) is 20.2 Å². The lowest BCUT2D eigenvalue weighted by Gasteiger charge is -2.14. The number of nitrogens with one attached hydrogen (secondary N) is 2. The second kappa shape index (κ2) is 5.10. The zero-order valence-electron chi connectivity index (χ0n) is 11.5. The zero-order chi connectivity index (χ0) is 15.0. The van der Waals surface area contributed by atoms with E-state index in [1.54, 1.807) is 11.5 Å². The molecule has 0 atom stereocenters. The van der Waals surface area contributed by atoms with Gasteiger partial charge < -0.3 is 0 Å². The topological polar surface area (TPSA) is 79.4 Å². The molecular formula is C14H13N5OS. The predicted octanol–water partition coefficient (Wildman–Crippen LogP) is 2.30. The lowest BCUT2D eigenvalue weighted by molar-refractivity contribution is 0.806. The molecule has 0 spiro atoms. The van der Waals surface area contributed by atoms with Crippen molar-refractivity contribution < 1.29 is 0 Å². The molecule has 3 aromatic rings. The molecule has 7 heteroatoms. The Hall–Kier alpha value is -2.54. The molecule has 0 aliphatic carbocycles. The second-order valence-electron chi connectivity index (χ2n) is 4.62. The number of benzene rings is 1. The fourth-order valence-corrected chi connectivity index (χ4v) is 2.52. The normalized spacial score (nSPS) is 10.8. The van der Waals surface area contributed by atoms with Crippen LogP contribution in [0.1, 0.15) is 11.5 Å². The summed E-state index contributed by atoms with van der Waals surface area (Å²) in [6, 6.07) is 9.46. The maximum Gasteiger partial charge on any atom is 0.281 e. The Labute approximate surface area is 125 Å². The van der Waals surface area contributed by atoms with Crippen molar-refractivity contribution in [1.82, 2.24) is 24.7 Å². The lowest BCUT2D eigenvalue weighted by Crippen LogP contribution is -2.20. The Morgan fingerprint density at radius 2 is 1.81 bits per heavy atom. The Morgan fingerprint density at radius 3 is 2.43 bits per heavy atom. The van der Waals surface area contributed by atoms with Crippen LogP contribution in [0.3, 0.4) is 0 Å². The first-order valence-corrected chi connectivity index (χ1v) is 6.79. The summed E-state index contributed by atoms with van der Waals surface area (Å²) >= 11 is 4.98. The Bertz CT molecular complexity index is 907. The summed E-state index contributed by atoms with van der Waals surface area (Å²) in [7, 11) is 0. The number of hydrogen-bond acceptors (Lipinski definition) is 4. The van der Waals surface area contributed by atoms with E-state index in [9.17, 15) is 4.79 Å². The molecule has 1 aromatic carbocycles. The van der Waals surface area contributed by atoms with Gasteiger partial charge in [0.2, 0.25) is 10.7 Å². The monoisotopic (exact) mass is 299 g/mol. The third-order valence-electron chi connectivity index (χ3n) is 3.26. The van der Waals surface area contributed by atoms with E-state index in [0.717, 1.165) is 11.3 Å². The molecule has 0 fully saturated rings. The van der Waals surface area contributed by atoms with Gasteiger partial charge in [-0.2, -0.15) is 9.97 Å². The van der Waals surface area contributed by atoms with E-state index >= 15 is 0 Å². The fraction of sp³-hybridized carbons (Fsp3) is 0.143. The number of aromatic nitrogens is 5. The Kier molecular flexibility index (Phi) is 3.26. The van der Waals surface area contributed by atoms with E-state index in [4.69, 9.17) is 12.2 Å². The van der Waals surface area contributed by atoms with E-state index in [1.165, 1.54) is 0 Å². The average molecular weight is 299 g/mol. The molecular weight excluding hydrogens is 286 g/mol. The molecule has 21 heavy (non-hydrogen) atoms. The van der Waals surface area contributed by atoms with Crippen LogP contribution >= 0.6 is 12.2 Å². The van der Waals surface area contributed by atoms with Crippen LogP contribution in [0.2, 0.25) is 0 Å². The first kappa shape index (κ1) is 13.4. The standard InChI is InChI=1S/C14H13N5OS/c1-8-11(10-6-4-3-5-7-10)12(20)15-9(2)19(8)13-16-14(21)18-17-13/h3-7H,1-2H3,(H2,16,17,18,21). The van der Waals surface area contributed by atoms with Gasteiger partial charge in [-0.15, -0.1) is 0 Å². The van der Waals surface area contributed by atoms with E-state index in [1.807, 2.05) is 37.3 Å². The highest BCUT2D eigenvalue weighted by molar-refractivity contribution is 7.71. The number of aryl methyl sites for hydroxylation is 1. The molecule has 0 aliphatic heterocycles. The highest BCUT2D eigenvalue weighted by atomic mass is 32.1. The van der Waals surface area contributed by atoms with Crippen LogP contribution < -0.4 is 5.56 Å². The van der Waals surface area contributed by atoms with Crippen molar-refractivity contribution in [3.05, 3.63) is 57.0 Å². The Morgan fingerprint density at radius 1 is 1.10 bits per heavy atom. The van der Waals surface area contributed by atoms with E-state index < -0.39 is 0 Å². The summed E-state index contributed by atoms with van der Waals surface area (Å²) in [5.74, 6) is 1.06. The quantitative estimate of drug-likeness (QED) is 0.712. The molecule has 0 bridgehead atoms. The molecule has 0 saturated heterocycles.